The first-order valence-corrected chi connectivity index (χ1v) is 4.95. The van der Waals surface area contributed by atoms with E-state index in [1.807, 2.05) is 18.7 Å². The van der Waals surface area contributed by atoms with E-state index in [0.29, 0.717) is 19.1 Å². The number of thioether (sulfide) groups is 1. The van der Waals surface area contributed by atoms with Crippen LogP contribution in [0.2, 0.25) is 0 Å². The molecule has 11 heavy (non-hydrogen) atoms. The van der Waals surface area contributed by atoms with Gasteiger partial charge in [0, 0.05) is 17.7 Å². The summed E-state index contributed by atoms with van der Waals surface area (Å²) in [6, 6.07) is 0.332. The van der Waals surface area contributed by atoms with Gasteiger partial charge in [-0.3, -0.25) is 4.79 Å². The molecule has 0 bridgehead atoms. The number of hydrogen-bond acceptors (Lipinski definition) is 4. The Morgan fingerprint density at radius 1 is 1.82 bits per heavy atom. The van der Waals surface area contributed by atoms with Gasteiger partial charge in [0.25, 0.3) is 0 Å². The minimum absolute atomic E-state index is 0.0903. The van der Waals surface area contributed by atoms with Gasteiger partial charge in [-0.25, -0.2) is 0 Å². The van der Waals surface area contributed by atoms with Crippen LogP contribution in [0, 0.1) is 0 Å². The number of nitrogens with one attached hydrogen (secondary N) is 1. The Hall–Kier alpha value is -0.220. The summed E-state index contributed by atoms with van der Waals surface area (Å²) >= 11 is 1.82. The molecule has 0 amide bonds. The lowest BCUT2D eigenvalue weighted by atomic mass is 10.2. The summed E-state index contributed by atoms with van der Waals surface area (Å²) in [7, 11) is 0. The summed E-state index contributed by atoms with van der Waals surface area (Å²) in [5.41, 5.74) is 0. The summed E-state index contributed by atoms with van der Waals surface area (Å²) in [6.45, 7) is 2.31. The molecular weight excluding hydrogens is 162 g/mol. The van der Waals surface area contributed by atoms with Crippen molar-refractivity contribution in [3.63, 3.8) is 0 Å². The summed E-state index contributed by atoms with van der Waals surface area (Å²) in [5, 5.41) is 3.21. The van der Waals surface area contributed by atoms with Crippen LogP contribution >= 0.6 is 11.8 Å². The van der Waals surface area contributed by atoms with Crippen LogP contribution in [0.3, 0.4) is 0 Å². The molecule has 1 atom stereocenters. The van der Waals surface area contributed by atoms with Gasteiger partial charge in [-0.2, -0.15) is 0 Å². The van der Waals surface area contributed by atoms with Crippen LogP contribution in [0.4, 0.5) is 0 Å². The van der Waals surface area contributed by atoms with Crippen LogP contribution in [-0.4, -0.2) is 30.2 Å². The molecular formula is C7H13NO2S. The van der Waals surface area contributed by atoms with Crippen molar-refractivity contribution in [2.75, 3.05) is 18.2 Å². The quantitative estimate of drug-likeness (QED) is 0.638. The third-order valence-corrected chi connectivity index (χ3v) is 2.52. The lowest BCUT2D eigenvalue weighted by Gasteiger charge is -2.07. The number of esters is 1. The summed E-state index contributed by atoms with van der Waals surface area (Å²) in [6.07, 6.45) is 0.515. The summed E-state index contributed by atoms with van der Waals surface area (Å²) in [5.74, 6) is 1.90. The molecule has 1 fully saturated rings. The Bertz CT molecular complexity index is 134. The van der Waals surface area contributed by atoms with Gasteiger partial charge < -0.3 is 10.1 Å². The largest absolute Gasteiger partial charge is 0.466 e. The number of carbonyl (C=O) groups excluding carboxylic acids is 1. The van der Waals surface area contributed by atoms with Crippen LogP contribution in [0.25, 0.3) is 0 Å². The zero-order chi connectivity index (χ0) is 8.10. The summed E-state index contributed by atoms with van der Waals surface area (Å²) in [4.78, 5) is 10.9. The Morgan fingerprint density at radius 2 is 2.64 bits per heavy atom. The van der Waals surface area contributed by atoms with E-state index < -0.39 is 0 Å². The molecule has 1 saturated heterocycles. The zero-order valence-corrected chi connectivity index (χ0v) is 7.45. The second-order valence-electron chi connectivity index (χ2n) is 2.43. The van der Waals surface area contributed by atoms with Gasteiger partial charge in [-0.05, 0) is 6.92 Å². The predicted octanol–water partition coefficient (Wildman–Crippen LogP) is 0.602. The maximum Gasteiger partial charge on any atom is 0.307 e. The molecule has 4 heteroatoms. The molecule has 0 aromatic heterocycles. The molecule has 1 aliphatic rings. The van der Waals surface area contributed by atoms with Gasteiger partial charge in [0.15, 0.2) is 0 Å². The fraction of sp³-hybridized carbons (Fsp3) is 0.857. The van der Waals surface area contributed by atoms with E-state index in [0.717, 1.165) is 11.6 Å². The van der Waals surface area contributed by atoms with E-state index in [-0.39, 0.29) is 5.97 Å². The highest BCUT2D eigenvalue weighted by molar-refractivity contribution is 7.99. The summed E-state index contributed by atoms with van der Waals surface area (Å²) < 4.78 is 4.82. The number of ether oxygens (including phenoxy) is 1. The maximum atomic E-state index is 10.9. The molecule has 0 unspecified atom stereocenters. The average molecular weight is 175 g/mol. The Morgan fingerprint density at radius 3 is 3.18 bits per heavy atom. The van der Waals surface area contributed by atoms with Gasteiger partial charge in [0.1, 0.15) is 0 Å². The van der Waals surface area contributed by atoms with Crippen molar-refractivity contribution >= 4 is 17.7 Å². The Labute approximate surface area is 70.9 Å². The topological polar surface area (TPSA) is 38.3 Å². The maximum absolute atomic E-state index is 10.9. The lowest BCUT2D eigenvalue weighted by Crippen LogP contribution is -2.27. The van der Waals surface area contributed by atoms with Gasteiger partial charge in [-0.1, -0.05) is 0 Å². The fourth-order valence-corrected chi connectivity index (χ4v) is 1.98. The minimum Gasteiger partial charge on any atom is -0.466 e. The van der Waals surface area contributed by atoms with E-state index in [9.17, 15) is 4.79 Å². The number of hydrogen-bond donors (Lipinski definition) is 1. The highest BCUT2D eigenvalue weighted by atomic mass is 32.2. The van der Waals surface area contributed by atoms with Crippen LogP contribution in [0.15, 0.2) is 0 Å². The standard InChI is InChI=1S/C7H13NO2S/c1-2-10-7(9)3-6-4-11-5-8-6/h6,8H,2-5H2,1H3/t6-/m1/s1. The van der Waals surface area contributed by atoms with Crippen molar-refractivity contribution in [3.8, 4) is 0 Å². The van der Waals surface area contributed by atoms with Crippen molar-refractivity contribution in [2.24, 2.45) is 0 Å². The fourth-order valence-electron chi connectivity index (χ4n) is 0.989. The van der Waals surface area contributed by atoms with Gasteiger partial charge in [0.05, 0.1) is 13.0 Å². The highest BCUT2D eigenvalue weighted by Crippen LogP contribution is 2.12. The molecule has 1 aliphatic heterocycles. The molecule has 0 saturated carbocycles. The molecule has 0 aromatic carbocycles. The van der Waals surface area contributed by atoms with Crippen molar-refractivity contribution in [1.29, 1.82) is 0 Å². The van der Waals surface area contributed by atoms with E-state index in [1.165, 1.54) is 0 Å². The SMILES string of the molecule is CCOC(=O)C[C@@H]1CSCN1. The van der Waals surface area contributed by atoms with Gasteiger partial charge in [0.2, 0.25) is 0 Å². The second-order valence-corrected chi connectivity index (χ2v) is 3.46. The van der Waals surface area contributed by atoms with Crippen LogP contribution < -0.4 is 5.32 Å². The first kappa shape index (κ1) is 8.87. The molecule has 64 valence electrons. The molecule has 0 aromatic rings. The average Bonchev–Trinajstić information content (AvgIpc) is 2.40. The van der Waals surface area contributed by atoms with Crippen LogP contribution in [0.5, 0.6) is 0 Å². The smallest absolute Gasteiger partial charge is 0.307 e. The molecule has 0 radical (unpaired) electrons. The monoisotopic (exact) mass is 175 g/mol. The first-order valence-electron chi connectivity index (χ1n) is 3.79. The van der Waals surface area contributed by atoms with E-state index >= 15 is 0 Å². The van der Waals surface area contributed by atoms with Gasteiger partial charge >= 0.3 is 5.97 Å². The van der Waals surface area contributed by atoms with E-state index in [1.54, 1.807) is 0 Å². The van der Waals surface area contributed by atoms with Gasteiger partial charge in [-0.15, -0.1) is 11.8 Å². The lowest BCUT2D eigenvalue weighted by molar-refractivity contribution is -0.143. The van der Waals surface area contributed by atoms with Crippen molar-refractivity contribution in [1.82, 2.24) is 5.32 Å². The molecule has 1 rings (SSSR count). The van der Waals surface area contributed by atoms with Crippen molar-refractivity contribution in [2.45, 2.75) is 19.4 Å². The van der Waals surface area contributed by atoms with E-state index in [4.69, 9.17) is 4.74 Å². The van der Waals surface area contributed by atoms with Crippen LogP contribution in [-0.2, 0) is 9.53 Å². The van der Waals surface area contributed by atoms with Crippen molar-refractivity contribution in [3.05, 3.63) is 0 Å². The third kappa shape index (κ3) is 3.12. The Balaban J connectivity index is 2.13. The molecule has 3 nitrogen and oxygen atoms in total. The first-order chi connectivity index (χ1) is 5.33. The van der Waals surface area contributed by atoms with E-state index in [2.05, 4.69) is 5.32 Å². The van der Waals surface area contributed by atoms with Crippen molar-refractivity contribution < 1.29 is 9.53 Å². The Kier molecular flexibility index (Phi) is 3.72. The highest BCUT2D eigenvalue weighted by Gasteiger charge is 2.18. The third-order valence-electron chi connectivity index (χ3n) is 1.51. The second kappa shape index (κ2) is 4.62. The minimum atomic E-state index is -0.0903. The number of rotatable bonds is 3. The number of carbonyl (C=O) groups is 1. The molecule has 1 heterocycles. The molecule has 0 aliphatic carbocycles. The normalized spacial score (nSPS) is 23.5. The van der Waals surface area contributed by atoms with Crippen LogP contribution in [0.1, 0.15) is 13.3 Å². The zero-order valence-electron chi connectivity index (χ0n) is 6.63. The molecule has 0 spiro atoms. The predicted molar refractivity (Wildman–Crippen MR) is 45.5 cm³/mol. The molecule has 1 N–H and O–H groups in total.